The molecule has 0 fully saturated rings. The van der Waals surface area contributed by atoms with Gasteiger partial charge in [0, 0.05) is 19.4 Å². The van der Waals surface area contributed by atoms with Gasteiger partial charge in [0.05, 0.1) is 0 Å². The summed E-state index contributed by atoms with van der Waals surface area (Å²) in [6, 6.07) is 19.6. The predicted octanol–water partition coefficient (Wildman–Crippen LogP) is 5.28. The molecule has 2 N–H and O–H groups in total. The first-order chi connectivity index (χ1) is 14.1. The van der Waals surface area contributed by atoms with E-state index < -0.39 is 5.97 Å². The number of hydrogen-bond donors (Lipinski definition) is 2. The van der Waals surface area contributed by atoms with E-state index in [2.05, 4.69) is 59.9 Å². The van der Waals surface area contributed by atoms with Crippen molar-refractivity contribution < 1.29 is 14.7 Å². The van der Waals surface area contributed by atoms with Crippen LogP contribution in [0.2, 0.25) is 0 Å². The van der Waals surface area contributed by atoms with Crippen molar-refractivity contribution >= 4 is 44.2 Å². The third-order valence-electron chi connectivity index (χ3n) is 5.61. The standard InChI is InChI=1S/C25H25NO3/c27-22(26-16-2-1-9-23(28)29)8-4-5-17-10-11-20-13-12-18-6-3-7-19-14-15-21(17)25(20)24(18)19/h3,6-7,10-15H,1-2,4-5,8-9,16H2,(H,26,27)(H,28,29). The molecule has 0 radical (unpaired) electrons. The molecule has 4 nitrogen and oxygen atoms in total. The number of unbranched alkanes of at least 4 members (excludes halogenated alkanes) is 1. The summed E-state index contributed by atoms with van der Waals surface area (Å²) < 4.78 is 0. The summed E-state index contributed by atoms with van der Waals surface area (Å²) in [4.78, 5) is 22.5. The first-order valence-corrected chi connectivity index (χ1v) is 10.3. The van der Waals surface area contributed by atoms with E-state index >= 15 is 0 Å². The van der Waals surface area contributed by atoms with Crippen LogP contribution in [0, 0.1) is 0 Å². The molecule has 4 heteroatoms. The number of carbonyl (C=O) groups excluding carboxylic acids is 1. The number of aliphatic carboxylic acids is 1. The Hall–Kier alpha value is -3.14. The average Bonchev–Trinajstić information content (AvgIpc) is 2.72. The monoisotopic (exact) mass is 387 g/mol. The highest BCUT2D eigenvalue weighted by atomic mass is 16.4. The lowest BCUT2D eigenvalue weighted by Crippen LogP contribution is -2.24. The SMILES string of the molecule is O=C(O)CCCCNC(=O)CCCc1ccc2ccc3cccc4ccc1c2c34. The van der Waals surface area contributed by atoms with Crippen LogP contribution in [0.4, 0.5) is 0 Å². The lowest BCUT2D eigenvalue weighted by atomic mass is 9.90. The normalized spacial score (nSPS) is 11.4. The molecule has 148 valence electrons. The summed E-state index contributed by atoms with van der Waals surface area (Å²) >= 11 is 0. The second-order valence-corrected chi connectivity index (χ2v) is 7.64. The van der Waals surface area contributed by atoms with Gasteiger partial charge in [-0.05, 0) is 63.6 Å². The molecule has 4 aromatic carbocycles. The van der Waals surface area contributed by atoms with Gasteiger partial charge in [-0.15, -0.1) is 0 Å². The quantitative estimate of drug-likeness (QED) is 0.303. The predicted molar refractivity (Wildman–Crippen MR) is 118 cm³/mol. The minimum atomic E-state index is -0.787. The minimum Gasteiger partial charge on any atom is -0.481 e. The number of carboxylic acids is 1. The number of benzene rings is 4. The molecule has 4 rings (SSSR count). The first kappa shape index (κ1) is 19.2. The van der Waals surface area contributed by atoms with E-state index in [9.17, 15) is 9.59 Å². The number of carbonyl (C=O) groups is 2. The lowest BCUT2D eigenvalue weighted by Gasteiger charge is -2.14. The zero-order valence-corrected chi connectivity index (χ0v) is 16.4. The van der Waals surface area contributed by atoms with Crippen LogP contribution >= 0.6 is 0 Å². The second kappa shape index (κ2) is 8.48. The van der Waals surface area contributed by atoms with Crippen LogP contribution in [-0.4, -0.2) is 23.5 Å². The molecule has 29 heavy (non-hydrogen) atoms. The van der Waals surface area contributed by atoms with Crippen LogP contribution < -0.4 is 5.32 Å². The number of rotatable bonds is 9. The van der Waals surface area contributed by atoms with Crippen molar-refractivity contribution in [3.8, 4) is 0 Å². The number of hydrogen-bond acceptors (Lipinski definition) is 2. The maximum absolute atomic E-state index is 12.0. The van der Waals surface area contributed by atoms with Crippen molar-refractivity contribution in [1.82, 2.24) is 5.32 Å². The maximum Gasteiger partial charge on any atom is 0.303 e. The Bertz CT molecular complexity index is 1150. The molecule has 0 aliphatic carbocycles. The van der Waals surface area contributed by atoms with Gasteiger partial charge in [-0.3, -0.25) is 9.59 Å². The molecule has 4 aromatic rings. The fourth-order valence-corrected chi connectivity index (χ4v) is 4.17. The Kier molecular flexibility index (Phi) is 5.61. The van der Waals surface area contributed by atoms with Crippen molar-refractivity contribution in [2.45, 2.75) is 38.5 Å². The molecule has 0 atom stereocenters. The van der Waals surface area contributed by atoms with E-state index in [1.165, 1.54) is 37.9 Å². The van der Waals surface area contributed by atoms with Gasteiger partial charge >= 0.3 is 5.97 Å². The second-order valence-electron chi connectivity index (χ2n) is 7.64. The molecule has 0 saturated heterocycles. The highest BCUT2D eigenvalue weighted by Crippen LogP contribution is 2.36. The molecule has 0 aliphatic heterocycles. The van der Waals surface area contributed by atoms with Gasteiger partial charge in [-0.2, -0.15) is 0 Å². The fraction of sp³-hybridized carbons (Fsp3) is 0.280. The van der Waals surface area contributed by atoms with Gasteiger partial charge in [-0.25, -0.2) is 0 Å². The van der Waals surface area contributed by atoms with Crippen molar-refractivity contribution in [3.63, 3.8) is 0 Å². The van der Waals surface area contributed by atoms with Crippen molar-refractivity contribution in [2.75, 3.05) is 6.54 Å². The third kappa shape index (κ3) is 4.16. The Morgan fingerprint density at radius 1 is 0.759 bits per heavy atom. The molecule has 0 heterocycles. The Balaban J connectivity index is 1.41. The summed E-state index contributed by atoms with van der Waals surface area (Å²) in [6.45, 7) is 0.546. The van der Waals surface area contributed by atoms with Crippen molar-refractivity contribution in [2.24, 2.45) is 0 Å². The van der Waals surface area contributed by atoms with Gasteiger partial charge in [0.1, 0.15) is 0 Å². The first-order valence-electron chi connectivity index (χ1n) is 10.3. The van der Waals surface area contributed by atoms with Crippen LogP contribution in [-0.2, 0) is 16.0 Å². The third-order valence-corrected chi connectivity index (χ3v) is 5.61. The molecular weight excluding hydrogens is 362 g/mol. The van der Waals surface area contributed by atoms with Crippen LogP contribution in [0.15, 0.2) is 54.6 Å². The van der Waals surface area contributed by atoms with E-state index in [0.29, 0.717) is 25.8 Å². The van der Waals surface area contributed by atoms with Crippen molar-refractivity contribution in [3.05, 3.63) is 60.2 Å². The largest absolute Gasteiger partial charge is 0.481 e. The van der Waals surface area contributed by atoms with Crippen LogP contribution in [0.25, 0.3) is 32.3 Å². The summed E-state index contributed by atoms with van der Waals surface area (Å²) in [5, 5.41) is 19.2. The Morgan fingerprint density at radius 2 is 1.45 bits per heavy atom. The minimum absolute atomic E-state index is 0.0398. The molecule has 0 bridgehead atoms. The molecular formula is C25H25NO3. The fourth-order valence-electron chi connectivity index (χ4n) is 4.17. The van der Waals surface area contributed by atoms with Gasteiger partial charge in [0.2, 0.25) is 5.91 Å². The average molecular weight is 387 g/mol. The highest BCUT2D eigenvalue weighted by Gasteiger charge is 2.11. The molecule has 0 spiro atoms. The zero-order chi connectivity index (χ0) is 20.2. The summed E-state index contributed by atoms with van der Waals surface area (Å²) in [5.74, 6) is -0.748. The maximum atomic E-state index is 12.0. The molecule has 0 aliphatic rings. The molecule has 0 saturated carbocycles. The van der Waals surface area contributed by atoms with Gasteiger partial charge in [0.25, 0.3) is 0 Å². The topological polar surface area (TPSA) is 66.4 Å². The van der Waals surface area contributed by atoms with E-state index in [-0.39, 0.29) is 12.3 Å². The van der Waals surface area contributed by atoms with Crippen LogP contribution in [0.1, 0.15) is 37.7 Å². The summed E-state index contributed by atoms with van der Waals surface area (Å²) in [6.07, 6.45) is 3.60. The number of nitrogens with one attached hydrogen (secondary N) is 1. The number of aryl methyl sites for hydroxylation is 1. The summed E-state index contributed by atoms with van der Waals surface area (Å²) in [7, 11) is 0. The summed E-state index contributed by atoms with van der Waals surface area (Å²) in [5.41, 5.74) is 1.28. The number of carboxylic acid groups (broad SMARTS) is 1. The lowest BCUT2D eigenvalue weighted by molar-refractivity contribution is -0.137. The van der Waals surface area contributed by atoms with E-state index in [1.807, 2.05) is 0 Å². The van der Waals surface area contributed by atoms with Gasteiger partial charge in [-0.1, -0.05) is 54.6 Å². The molecule has 1 amide bonds. The number of amides is 1. The molecule has 0 aromatic heterocycles. The van der Waals surface area contributed by atoms with Gasteiger partial charge < -0.3 is 10.4 Å². The Labute approximate surface area is 169 Å². The highest BCUT2D eigenvalue weighted by molar-refractivity contribution is 6.23. The van der Waals surface area contributed by atoms with E-state index in [0.717, 1.165) is 12.8 Å². The Morgan fingerprint density at radius 3 is 2.21 bits per heavy atom. The zero-order valence-electron chi connectivity index (χ0n) is 16.4. The smallest absolute Gasteiger partial charge is 0.303 e. The van der Waals surface area contributed by atoms with Gasteiger partial charge in [0.15, 0.2) is 0 Å². The van der Waals surface area contributed by atoms with E-state index in [1.54, 1.807) is 0 Å². The van der Waals surface area contributed by atoms with E-state index in [4.69, 9.17) is 5.11 Å². The van der Waals surface area contributed by atoms with Crippen molar-refractivity contribution in [1.29, 1.82) is 0 Å². The molecule has 0 unspecified atom stereocenters. The van der Waals surface area contributed by atoms with Crippen LogP contribution in [0.5, 0.6) is 0 Å². The van der Waals surface area contributed by atoms with Crippen LogP contribution in [0.3, 0.4) is 0 Å².